The van der Waals surface area contributed by atoms with Gasteiger partial charge >= 0.3 is 0 Å². The first kappa shape index (κ1) is 28.9. The second-order valence-corrected chi connectivity index (χ2v) is 10.6. The second-order valence-electron chi connectivity index (χ2n) is 8.93. The van der Waals surface area contributed by atoms with E-state index in [9.17, 15) is 18.1 Å². The van der Waals surface area contributed by atoms with Gasteiger partial charge < -0.3 is 5.11 Å². The van der Waals surface area contributed by atoms with Gasteiger partial charge in [-0.05, 0) is 25.7 Å². The minimum absolute atomic E-state index is 0.147. The van der Waals surface area contributed by atoms with Crippen LogP contribution in [0.1, 0.15) is 149 Å². The van der Waals surface area contributed by atoms with Crippen molar-refractivity contribution in [2.24, 2.45) is 0 Å². The SMILES string of the molecule is CCCCCCCCCCCCCCCCC(O)(CCCCCCC)S(=O)(=O)O. The molecule has 0 radical (unpaired) electrons. The normalized spacial score (nSPS) is 14.2. The van der Waals surface area contributed by atoms with Crippen LogP contribution in [0.3, 0.4) is 0 Å². The van der Waals surface area contributed by atoms with Gasteiger partial charge in [0, 0.05) is 0 Å². The molecule has 29 heavy (non-hydrogen) atoms. The van der Waals surface area contributed by atoms with Gasteiger partial charge in [-0.3, -0.25) is 4.55 Å². The molecule has 0 aliphatic carbocycles. The number of rotatable bonds is 22. The van der Waals surface area contributed by atoms with Crippen LogP contribution in [0.5, 0.6) is 0 Å². The van der Waals surface area contributed by atoms with Crippen molar-refractivity contribution in [1.82, 2.24) is 0 Å². The van der Waals surface area contributed by atoms with E-state index < -0.39 is 15.1 Å². The quantitative estimate of drug-likeness (QED) is 0.135. The lowest BCUT2D eigenvalue weighted by atomic mass is 10.0. The van der Waals surface area contributed by atoms with Crippen molar-refractivity contribution >= 4 is 10.1 Å². The highest BCUT2D eigenvalue weighted by Gasteiger charge is 2.39. The van der Waals surface area contributed by atoms with E-state index in [2.05, 4.69) is 13.8 Å². The largest absolute Gasteiger partial charge is 0.372 e. The topological polar surface area (TPSA) is 74.6 Å². The summed E-state index contributed by atoms with van der Waals surface area (Å²) in [6, 6.07) is 0. The first-order valence-corrected chi connectivity index (χ1v) is 14.0. The molecule has 0 aromatic heterocycles. The minimum atomic E-state index is -4.42. The van der Waals surface area contributed by atoms with Crippen molar-refractivity contribution in [2.45, 2.75) is 154 Å². The Hall–Kier alpha value is -0.130. The Labute approximate surface area is 182 Å². The first-order valence-electron chi connectivity index (χ1n) is 12.6. The Morgan fingerprint density at radius 1 is 0.517 bits per heavy atom. The molecule has 0 saturated carbocycles. The van der Waals surface area contributed by atoms with Gasteiger partial charge in [-0.2, -0.15) is 8.42 Å². The Kier molecular flexibility index (Phi) is 18.5. The van der Waals surface area contributed by atoms with Crippen LogP contribution in [-0.2, 0) is 10.1 Å². The molecule has 0 fully saturated rings. The van der Waals surface area contributed by atoms with Gasteiger partial charge in [0.1, 0.15) is 0 Å². The zero-order valence-corrected chi connectivity index (χ0v) is 20.3. The van der Waals surface area contributed by atoms with E-state index in [4.69, 9.17) is 0 Å². The molecule has 0 saturated heterocycles. The fraction of sp³-hybridized carbons (Fsp3) is 1.00. The summed E-state index contributed by atoms with van der Waals surface area (Å²) < 4.78 is 32.8. The Morgan fingerprint density at radius 3 is 1.00 bits per heavy atom. The Morgan fingerprint density at radius 2 is 0.759 bits per heavy atom. The van der Waals surface area contributed by atoms with Gasteiger partial charge in [-0.1, -0.05) is 123 Å². The molecule has 0 rings (SSSR count). The van der Waals surface area contributed by atoms with Gasteiger partial charge in [0.15, 0.2) is 4.93 Å². The summed E-state index contributed by atoms with van der Waals surface area (Å²) >= 11 is 0. The summed E-state index contributed by atoms with van der Waals surface area (Å²) in [4.78, 5) is -1.95. The zero-order valence-electron chi connectivity index (χ0n) is 19.5. The number of hydrogen-bond acceptors (Lipinski definition) is 3. The van der Waals surface area contributed by atoms with Gasteiger partial charge in [0.2, 0.25) is 0 Å². The van der Waals surface area contributed by atoms with E-state index in [1.165, 1.54) is 70.6 Å². The predicted octanol–water partition coefficient (Wildman–Crippen LogP) is 7.79. The summed E-state index contributed by atoms with van der Waals surface area (Å²) in [5.74, 6) is 0. The van der Waals surface area contributed by atoms with Crippen LogP contribution >= 0.6 is 0 Å². The van der Waals surface area contributed by atoms with Crippen molar-refractivity contribution in [3.63, 3.8) is 0 Å². The molecule has 176 valence electrons. The highest BCUT2D eigenvalue weighted by molar-refractivity contribution is 7.87. The molecular weight excluding hydrogens is 384 g/mol. The third kappa shape index (κ3) is 16.3. The molecule has 0 aromatic rings. The zero-order chi connectivity index (χ0) is 21.8. The fourth-order valence-corrected chi connectivity index (χ4v) is 4.79. The minimum Gasteiger partial charge on any atom is -0.372 e. The van der Waals surface area contributed by atoms with Crippen LogP contribution in [0.2, 0.25) is 0 Å². The third-order valence-corrected chi connectivity index (χ3v) is 7.44. The second kappa shape index (κ2) is 18.6. The highest BCUT2D eigenvalue weighted by atomic mass is 32.2. The summed E-state index contributed by atoms with van der Waals surface area (Å²) in [5, 5.41) is 10.5. The Balaban J connectivity index is 3.70. The maximum absolute atomic E-state index is 11.6. The smallest absolute Gasteiger partial charge is 0.294 e. The van der Waals surface area contributed by atoms with Gasteiger partial charge in [0.05, 0.1) is 0 Å². The third-order valence-electron chi connectivity index (χ3n) is 6.07. The van der Waals surface area contributed by atoms with Crippen LogP contribution in [0.4, 0.5) is 0 Å². The first-order chi connectivity index (χ1) is 13.9. The number of unbranched alkanes of at least 4 members (excludes halogenated alkanes) is 17. The molecule has 5 heteroatoms. The maximum Gasteiger partial charge on any atom is 0.294 e. The lowest BCUT2D eigenvalue weighted by molar-refractivity contribution is 0.0884. The summed E-state index contributed by atoms with van der Waals surface area (Å²) in [5.41, 5.74) is 0. The average molecular weight is 435 g/mol. The monoisotopic (exact) mass is 434 g/mol. The average Bonchev–Trinajstić information content (AvgIpc) is 2.67. The van der Waals surface area contributed by atoms with E-state index in [1.54, 1.807) is 0 Å². The van der Waals surface area contributed by atoms with Crippen molar-refractivity contribution in [3.05, 3.63) is 0 Å². The maximum atomic E-state index is 11.6. The highest BCUT2D eigenvalue weighted by Crippen LogP contribution is 2.28. The predicted molar refractivity (Wildman–Crippen MR) is 125 cm³/mol. The lowest BCUT2D eigenvalue weighted by Crippen LogP contribution is -2.38. The molecule has 2 N–H and O–H groups in total. The van der Waals surface area contributed by atoms with Crippen LogP contribution in [0, 0.1) is 0 Å². The molecule has 0 amide bonds. The standard InChI is InChI=1S/C24H50O4S/c1-3-5-7-9-10-11-12-13-14-15-16-17-19-21-23-24(25,29(26,27)28)22-20-18-8-6-4-2/h25H,3-23H2,1-2H3,(H,26,27,28). The molecule has 0 aromatic carbocycles. The van der Waals surface area contributed by atoms with Crippen LogP contribution in [-0.4, -0.2) is 23.0 Å². The summed E-state index contributed by atoms with van der Waals surface area (Å²) in [7, 11) is -4.42. The molecule has 0 bridgehead atoms. The van der Waals surface area contributed by atoms with Crippen LogP contribution in [0.15, 0.2) is 0 Å². The van der Waals surface area contributed by atoms with E-state index in [1.807, 2.05) is 0 Å². The van der Waals surface area contributed by atoms with E-state index in [0.29, 0.717) is 12.8 Å². The molecular formula is C24H50O4S. The molecule has 0 spiro atoms. The van der Waals surface area contributed by atoms with E-state index >= 15 is 0 Å². The number of hydrogen-bond donors (Lipinski definition) is 2. The van der Waals surface area contributed by atoms with Crippen molar-refractivity contribution < 1.29 is 18.1 Å². The van der Waals surface area contributed by atoms with Crippen molar-refractivity contribution in [3.8, 4) is 0 Å². The number of aliphatic hydroxyl groups is 1. The van der Waals surface area contributed by atoms with E-state index in [-0.39, 0.29) is 12.8 Å². The molecule has 0 heterocycles. The summed E-state index contributed by atoms with van der Waals surface area (Å²) in [6.45, 7) is 4.38. The van der Waals surface area contributed by atoms with Gasteiger partial charge in [-0.15, -0.1) is 0 Å². The molecule has 0 aliphatic heterocycles. The van der Waals surface area contributed by atoms with Crippen LogP contribution in [0.25, 0.3) is 0 Å². The molecule has 1 unspecified atom stereocenters. The molecule has 4 nitrogen and oxygen atoms in total. The Bertz CT molecular complexity index is 450. The van der Waals surface area contributed by atoms with E-state index in [0.717, 1.165) is 38.5 Å². The summed E-state index contributed by atoms with van der Waals surface area (Å²) in [6.07, 6.45) is 22.4. The van der Waals surface area contributed by atoms with Crippen molar-refractivity contribution in [2.75, 3.05) is 0 Å². The van der Waals surface area contributed by atoms with Crippen LogP contribution < -0.4 is 0 Å². The van der Waals surface area contributed by atoms with Gasteiger partial charge in [0.25, 0.3) is 10.1 Å². The fourth-order valence-electron chi connectivity index (χ4n) is 3.98. The van der Waals surface area contributed by atoms with Gasteiger partial charge in [-0.25, -0.2) is 0 Å². The molecule has 1 atom stereocenters. The molecule has 0 aliphatic rings. The lowest BCUT2D eigenvalue weighted by Gasteiger charge is -2.24. The van der Waals surface area contributed by atoms with Crippen molar-refractivity contribution in [1.29, 1.82) is 0 Å².